The molecule has 1 aromatic carbocycles. The number of aromatic nitrogens is 3. The van der Waals surface area contributed by atoms with E-state index in [9.17, 15) is 5.11 Å². The van der Waals surface area contributed by atoms with Gasteiger partial charge in [-0.1, -0.05) is 17.3 Å². The second-order valence-corrected chi connectivity index (χ2v) is 4.28. The molecule has 0 atom stereocenters. The summed E-state index contributed by atoms with van der Waals surface area (Å²) in [6.45, 7) is 3.91. The van der Waals surface area contributed by atoms with E-state index in [0.717, 1.165) is 17.0 Å². The lowest BCUT2D eigenvalue weighted by Crippen LogP contribution is -2.06. The van der Waals surface area contributed by atoms with Crippen LogP contribution in [0, 0.1) is 0 Å². The van der Waals surface area contributed by atoms with E-state index in [-0.39, 0.29) is 12.6 Å². The molecule has 0 fully saturated rings. The summed E-state index contributed by atoms with van der Waals surface area (Å²) >= 11 is 0. The standard InChI is InChI=1S/C13H17N3O2/c1-9(2)16-13(11(8-17)14-15-16)10-6-4-5-7-12(10)18-3/h4-7,9,17H,8H2,1-3H3. The van der Waals surface area contributed by atoms with Crippen LogP contribution < -0.4 is 4.74 Å². The molecule has 0 unspecified atom stereocenters. The van der Waals surface area contributed by atoms with Crippen LogP contribution in [0.2, 0.25) is 0 Å². The third-order valence-electron chi connectivity index (χ3n) is 2.77. The minimum absolute atomic E-state index is 0.139. The number of ether oxygens (including phenoxy) is 1. The average Bonchev–Trinajstić information content (AvgIpc) is 2.82. The number of aliphatic hydroxyl groups is 1. The number of nitrogens with zero attached hydrogens (tertiary/aromatic N) is 3. The van der Waals surface area contributed by atoms with Gasteiger partial charge < -0.3 is 9.84 Å². The van der Waals surface area contributed by atoms with Crippen LogP contribution in [0.25, 0.3) is 11.3 Å². The van der Waals surface area contributed by atoms with Gasteiger partial charge in [0.05, 0.1) is 19.4 Å². The van der Waals surface area contributed by atoms with Gasteiger partial charge in [0.25, 0.3) is 0 Å². The van der Waals surface area contributed by atoms with Gasteiger partial charge in [0, 0.05) is 11.6 Å². The van der Waals surface area contributed by atoms with E-state index in [4.69, 9.17) is 4.74 Å². The Balaban J connectivity index is 2.65. The molecule has 1 heterocycles. The first-order valence-electron chi connectivity index (χ1n) is 5.87. The van der Waals surface area contributed by atoms with Crippen molar-refractivity contribution >= 4 is 0 Å². The van der Waals surface area contributed by atoms with Gasteiger partial charge in [-0.2, -0.15) is 0 Å². The number of rotatable bonds is 4. The topological polar surface area (TPSA) is 60.2 Å². The number of benzene rings is 1. The number of aliphatic hydroxyl groups excluding tert-OH is 1. The second-order valence-electron chi connectivity index (χ2n) is 4.28. The molecule has 2 aromatic rings. The van der Waals surface area contributed by atoms with Gasteiger partial charge in [0.1, 0.15) is 11.4 Å². The zero-order valence-electron chi connectivity index (χ0n) is 10.8. The normalized spacial score (nSPS) is 10.9. The summed E-state index contributed by atoms with van der Waals surface area (Å²) in [5.41, 5.74) is 2.26. The maximum atomic E-state index is 9.38. The lowest BCUT2D eigenvalue weighted by molar-refractivity contribution is 0.277. The van der Waals surface area contributed by atoms with E-state index in [1.807, 2.05) is 38.1 Å². The van der Waals surface area contributed by atoms with Crippen LogP contribution in [-0.4, -0.2) is 27.2 Å². The van der Waals surface area contributed by atoms with Gasteiger partial charge in [-0.3, -0.25) is 0 Å². The second kappa shape index (κ2) is 5.18. The molecule has 18 heavy (non-hydrogen) atoms. The molecule has 0 radical (unpaired) electrons. The van der Waals surface area contributed by atoms with Crippen LogP contribution in [0.4, 0.5) is 0 Å². The summed E-state index contributed by atoms with van der Waals surface area (Å²) in [7, 11) is 1.63. The highest BCUT2D eigenvalue weighted by Crippen LogP contribution is 2.32. The fourth-order valence-electron chi connectivity index (χ4n) is 1.91. The van der Waals surface area contributed by atoms with Gasteiger partial charge in [-0.15, -0.1) is 5.10 Å². The predicted octanol–water partition coefficient (Wildman–Crippen LogP) is 2.03. The molecule has 0 saturated carbocycles. The molecule has 2 rings (SSSR count). The van der Waals surface area contributed by atoms with Crippen LogP contribution in [0.5, 0.6) is 5.75 Å². The maximum absolute atomic E-state index is 9.38. The molecule has 0 aliphatic heterocycles. The smallest absolute Gasteiger partial charge is 0.128 e. The Bertz CT molecular complexity index is 535. The van der Waals surface area contributed by atoms with Crippen LogP contribution >= 0.6 is 0 Å². The summed E-state index contributed by atoms with van der Waals surface area (Å²) in [5, 5.41) is 17.5. The molecule has 96 valence electrons. The summed E-state index contributed by atoms with van der Waals surface area (Å²) in [4.78, 5) is 0. The first kappa shape index (κ1) is 12.6. The third kappa shape index (κ3) is 2.09. The van der Waals surface area contributed by atoms with E-state index >= 15 is 0 Å². The van der Waals surface area contributed by atoms with Crippen LogP contribution in [0.1, 0.15) is 25.6 Å². The predicted molar refractivity (Wildman–Crippen MR) is 68.3 cm³/mol. The van der Waals surface area contributed by atoms with E-state index in [1.165, 1.54) is 0 Å². The highest BCUT2D eigenvalue weighted by molar-refractivity contribution is 5.69. The van der Waals surface area contributed by atoms with Crippen molar-refractivity contribution in [1.29, 1.82) is 0 Å². The number of methoxy groups -OCH3 is 1. The van der Waals surface area contributed by atoms with Gasteiger partial charge >= 0.3 is 0 Å². The molecule has 0 bridgehead atoms. The molecule has 0 amide bonds. The summed E-state index contributed by atoms with van der Waals surface area (Å²) in [6.07, 6.45) is 0. The largest absolute Gasteiger partial charge is 0.496 e. The van der Waals surface area contributed by atoms with Crippen molar-refractivity contribution in [2.45, 2.75) is 26.5 Å². The Kier molecular flexibility index (Phi) is 3.62. The lowest BCUT2D eigenvalue weighted by atomic mass is 10.1. The molecule has 5 nitrogen and oxygen atoms in total. The first-order valence-corrected chi connectivity index (χ1v) is 5.87. The van der Waals surface area contributed by atoms with Crippen molar-refractivity contribution < 1.29 is 9.84 Å². The first-order chi connectivity index (χ1) is 8.69. The zero-order valence-corrected chi connectivity index (χ0v) is 10.8. The quantitative estimate of drug-likeness (QED) is 0.898. The Hall–Kier alpha value is -1.88. The monoisotopic (exact) mass is 247 g/mol. The Morgan fingerprint density at radius 2 is 2.06 bits per heavy atom. The Morgan fingerprint density at radius 1 is 1.33 bits per heavy atom. The number of para-hydroxylation sites is 1. The zero-order chi connectivity index (χ0) is 13.1. The van der Waals surface area contributed by atoms with Crippen LogP contribution in [-0.2, 0) is 6.61 Å². The molecular weight excluding hydrogens is 230 g/mol. The lowest BCUT2D eigenvalue weighted by Gasteiger charge is -2.13. The van der Waals surface area contributed by atoms with Crippen LogP contribution in [0.15, 0.2) is 24.3 Å². The van der Waals surface area contributed by atoms with Crippen LogP contribution in [0.3, 0.4) is 0 Å². The van der Waals surface area contributed by atoms with E-state index in [0.29, 0.717) is 5.69 Å². The summed E-state index contributed by atoms with van der Waals surface area (Å²) in [6, 6.07) is 7.82. The van der Waals surface area contributed by atoms with E-state index < -0.39 is 0 Å². The summed E-state index contributed by atoms with van der Waals surface area (Å²) in [5.74, 6) is 0.747. The highest BCUT2D eigenvalue weighted by atomic mass is 16.5. The molecule has 0 saturated heterocycles. The van der Waals surface area contributed by atoms with Gasteiger partial charge in [-0.05, 0) is 26.0 Å². The van der Waals surface area contributed by atoms with Crippen molar-refractivity contribution in [1.82, 2.24) is 15.0 Å². The Morgan fingerprint density at radius 3 is 2.67 bits per heavy atom. The van der Waals surface area contributed by atoms with Gasteiger partial charge in [0.15, 0.2) is 0 Å². The third-order valence-corrected chi connectivity index (χ3v) is 2.77. The molecule has 1 N–H and O–H groups in total. The van der Waals surface area contributed by atoms with Crippen molar-refractivity contribution in [3.05, 3.63) is 30.0 Å². The van der Waals surface area contributed by atoms with E-state index in [1.54, 1.807) is 11.8 Å². The molecular formula is C13H17N3O2. The minimum Gasteiger partial charge on any atom is -0.496 e. The molecule has 0 aliphatic carbocycles. The van der Waals surface area contributed by atoms with Crippen molar-refractivity contribution in [2.24, 2.45) is 0 Å². The Labute approximate surface area is 106 Å². The fraction of sp³-hybridized carbons (Fsp3) is 0.385. The molecule has 1 aromatic heterocycles. The minimum atomic E-state index is -0.139. The van der Waals surface area contributed by atoms with Crippen molar-refractivity contribution in [3.63, 3.8) is 0 Å². The SMILES string of the molecule is COc1ccccc1-c1c(CO)nnn1C(C)C. The highest BCUT2D eigenvalue weighted by Gasteiger charge is 2.18. The maximum Gasteiger partial charge on any atom is 0.128 e. The van der Waals surface area contributed by atoms with E-state index in [2.05, 4.69) is 10.3 Å². The van der Waals surface area contributed by atoms with Crippen molar-refractivity contribution in [2.75, 3.05) is 7.11 Å². The fourth-order valence-corrected chi connectivity index (χ4v) is 1.91. The molecule has 0 spiro atoms. The van der Waals surface area contributed by atoms with Gasteiger partial charge in [-0.25, -0.2) is 4.68 Å². The molecule has 5 heteroatoms. The molecule has 0 aliphatic rings. The number of hydrogen-bond donors (Lipinski definition) is 1. The summed E-state index contributed by atoms with van der Waals surface area (Å²) < 4.78 is 7.15. The number of hydrogen-bond acceptors (Lipinski definition) is 4. The average molecular weight is 247 g/mol. The van der Waals surface area contributed by atoms with Gasteiger partial charge in [0.2, 0.25) is 0 Å². The van der Waals surface area contributed by atoms with Crippen molar-refractivity contribution in [3.8, 4) is 17.0 Å².